The van der Waals surface area contributed by atoms with Gasteiger partial charge in [-0.05, 0) is 30.7 Å². The Bertz CT molecular complexity index is 458. The predicted molar refractivity (Wildman–Crippen MR) is 77.3 cm³/mol. The van der Waals surface area contributed by atoms with Crippen LogP contribution in [0.25, 0.3) is 0 Å². The molecule has 1 aromatic rings. The number of rotatable bonds is 8. The first-order valence-corrected chi connectivity index (χ1v) is 6.77. The monoisotopic (exact) mass is 295 g/mol. The maximum absolute atomic E-state index is 11.5. The highest BCUT2D eigenvalue weighted by molar-refractivity contribution is 5.83. The highest BCUT2D eigenvalue weighted by atomic mass is 16.5. The lowest BCUT2D eigenvalue weighted by Gasteiger charge is -2.16. The number of benzene rings is 1. The summed E-state index contributed by atoms with van der Waals surface area (Å²) in [6.45, 7) is 4.02. The number of hydrogen-bond acceptors (Lipinski definition) is 5. The van der Waals surface area contributed by atoms with E-state index in [1.807, 2.05) is 6.92 Å². The molecular weight excluding hydrogens is 274 g/mol. The quantitative estimate of drug-likeness (QED) is 0.736. The van der Waals surface area contributed by atoms with Crippen molar-refractivity contribution in [2.45, 2.75) is 26.3 Å². The topological polar surface area (TPSA) is 73.9 Å². The molecule has 0 heterocycles. The second-order valence-corrected chi connectivity index (χ2v) is 4.41. The second kappa shape index (κ2) is 8.84. The van der Waals surface area contributed by atoms with Crippen LogP contribution >= 0.6 is 0 Å². The minimum atomic E-state index is -0.830. The first kappa shape index (κ1) is 16.8. The number of hydrogen-bond donors (Lipinski definition) is 1. The van der Waals surface area contributed by atoms with Crippen molar-refractivity contribution in [1.29, 1.82) is 0 Å². The fraction of sp³-hybridized carbons (Fsp3) is 0.467. The van der Waals surface area contributed by atoms with Crippen LogP contribution in [0.1, 0.15) is 20.3 Å². The Hall–Kier alpha value is -2.24. The van der Waals surface area contributed by atoms with Crippen molar-refractivity contribution in [2.24, 2.45) is 0 Å². The fourth-order valence-corrected chi connectivity index (χ4v) is 1.59. The summed E-state index contributed by atoms with van der Waals surface area (Å²) in [5.74, 6) is 0.471. The van der Waals surface area contributed by atoms with Gasteiger partial charge in [0.15, 0.2) is 6.04 Å². The van der Waals surface area contributed by atoms with Gasteiger partial charge >= 0.3 is 5.97 Å². The molecule has 1 unspecified atom stereocenters. The van der Waals surface area contributed by atoms with Gasteiger partial charge in [-0.2, -0.15) is 0 Å². The zero-order valence-corrected chi connectivity index (χ0v) is 12.5. The maximum Gasteiger partial charge on any atom is 0.331 e. The SMILES string of the molecule is CCCOc1ccc(OCC(NC(C)=O)C(=O)OC)cc1. The third-order valence-corrected chi connectivity index (χ3v) is 2.58. The van der Waals surface area contributed by atoms with Crippen molar-refractivity contribution in [3.05, 3.63) is 24.3 Å². The summed E-state index contributed by atoms with van der Waals surface area (Å²) < 4.78 is 15.5. The summed E-state index contributed by atoms with van der Waals surface area (Å²) in [6, 6.07) is 6.23. The van der Waals surface area contributed by atoms with Gasteiger partial charge < -0.3 is 19.5 Å². The molecule has 0 radical (unpaired) electrons. The zero-order chi connectivity index (χ0) is 15.7. The molecular formula is C15H21NO5. The first-order chi connectivity index (χ1) is 10.1. The third-order valence-electron chi connectivity index (χ3n) is 2.58. The second-order valence-electron chi connectivity index (χ2n) is 4.41. The van der Waals surface area contributed by atoms with Crippen LogP contribution in [-0.4, -0.2) is 38.2 Å². The van der Waals surface area contributed by atoms with E-state index < -0.39 is 12.0 Å². The van der Waals surface area contributed by atoms with Crippen LogP contribution < -0.4 is 14.8 Å². The number of carbonyl (C=O) groups excluding carboxylic acids is 2. The molecule has 1 amide bonds. The van der Waals surface area contributed by atoms with Gasteiger partial charge in [0.25, 0.3) is 0 Å². The average Bonchev–Trinajstić information content (AvgIpc) is 2.49. The van der Waals surface area contributed by atoms with Gasteiger partial charge in [-0.1, -0.05) is 6.92 Å². The van der Waals surface area contributed by atoms with Crippen molar-refractivity contribution in [1.82, 2.24) is 5.32 Å². The normalized spacial score (nSPS) is 11.4. The molecule has 0 bridgehead atoms. The van der Waals surface area contributed by atoms with E-state index in [4.69, 9.17) is 9.47 Å². The molecule has 1 aromatic carbocycles. The van der Waals surface area contributed by atoms with E-state index in [1.165, 1.54) is 14.0 Å². The van der Waals surface area contributed by atoms with Crippen LogP contribution in [0.5, 0.6) is 11.5 Å². The van der Waals surface area contributed by atoms with Crippen molar-refractivity contribution in [3.8, 4) is 11.5 Å². The largest absolute Gasteiger partial charge is 0.494 e. The molecule has 1 N–H and O–H groups in total. The average molecular weight is 295 g/mol. The Kier molecular flexibility index (Phi) is 7.08. The third kappa shape index (κ3) is 6.16. The Labute approximate surface area is 124 Å². The number of amides is 1. The summed E-state index contributed by atoms with van der Waals surface area (Å²) >= 11 is 0. The minimum absolute atomic E-state index is 0.00141. The first-order valence-electron chi connectivity index (χ1n) is 6.77. The van der Waals surface area contributed by atoms with Crippen molar-refractivity contribution in [3.63, 3.8) is 0 Å². The van der Waals surface area contributed by atoms with E-state index in [1.54, 1.807) is 24.3 Å². The Balaban J connectivity index is 2.54. The van der Waals surface area contributed by atoms with E-state index in [-0.39, 0.29) is 12.5 Å². The zero-order valence-electron chi connectivity index (χ0n) is 12.5. The maximum atomic E-state index is 11.5. The molecule has 0 aliphatic rings. The lowest BCUT2D eigenvalue weighted by Crippen LogP contribution is -2.44. The van der Waals surface area contributed by atoms with Gasteiger partial charge in [0.1, 0.15) is 18.1 Å². The molecule has 1 rings (SSSR count). The van der Waals surface area contributed by atoms with Crippen molar-refractivity contribution >= 4 is 11.9 Å². The highest BCUT2D eigenvalue weighted by Gasteiger charge is 2.20. The molecule has 0 aliphatic heterocycles. The highest BCUT2D eigenvalue weighted by Crippen LogP contribution is 2.17. The molecule has 21 heavy (non-hydrogen) atoms. The van der Waals surface area contributed by atoms with Gasteiger partial charge in [-0.3, -0.25) is 4.79 Å². The predicted octanol–water partition coefficient (Wildman–Crippen LogP) is 1.53. The summed E-state index contributed by atoms with van der Waals surface area (Å²) in [4.78, 5) is 22.5. The lowest BCUT2D eigenvalue weighted by molar-refractivity contribution is -0.145. The Morgan fingerprint density at radius 2 is 1.71 bits per heavy atom. The van der Waals surface area contributed by atoms with Crippen molar-refractivity contribution in [2.75, 3.05) is 20.3 Å². The summed E-state index contributed by atoms with van der Waals surface area (Å²) in [6.07, 6.45) is 0.940. The molecule has 116 valence electrons. The van der Waals surface area contributed by atoms with Gasteiger partial charge in [-0.25, -0.2) is 4.79 Å². The number of methoxy groups -OCH3 is 1. The van der Waals surface area contributed by atoms with Crippen LogP contribution in [0, 0.1) is 0 Å². The van der Waals surface area contributed by atoms with Crippen LogP contribution in [0.3, 0.4) is 0 Å². The summed E-state index contributed by atoms with van der Waals surface area (Å²) in [5, 5.41) is 2.48. The number of carbonyl (C=O) groups is 2. The Morgan fingerprint density at radius 3 is 2.19 bits per heavy atom. The van der Waals surface area contributed by atoms with Crippen LogP contribution in [0.2, 0.25) is 0 Å². The molecule has 6 heteroatoms. The minimum Gasteiger partial charge on any atom is -0.494 e. The number of ether oxygens (including phenoxy) is 3. The van der Waals surface area contributed by atoms with E-state index >= 15 is 0 Å². The molecule has 0 aromatic heterocycles. The van der Waals surface area contributed by atoms with Gasteiger partial charge in [0.05, 0.1) is 13.7 Å². The molecule has 0 spiro atoms. The molecule has 6 nitrogen and oxygen atoms in total. The number of nitrogens with one attached hydrogen (secondary N) is 1. The van der Waals surface area contributed by atoms with Gasteiger partial charge in [0.2, 0.25) is 5.91 Å². The smallest absolute Gasteiger partial charge is 0.331 e. The van der Waals surface area contributed by atoms with E-state index in [0.29, 0.717) is 12.4 Å². The molecule has 1 atom stereocenters. The van der Waals surface area contributed by atoms with E-state index in [0.717, 1.165) is 12.2 Å². The molecule has 0 saturated heterocycles. The number of esters is 1. The van der Waals surface area contributed by atoms with E-state index in [9.17, 15) is 9.59 Å². The fourth-order valence-electron chi connectivity index (χ4n) is 1.59. The van der Waals surface area contributed by atoms with Gasteiger partial charge in [0, 0.05) is 6.92 Å². The van der Waals surface area contributed by atoms with Crippen molar-refractivity contribution < 1.29 is 23.8 Å². The molecule has 0 fully saturated rings. The van der Waals surface area contributed by atoms with Gasteiger partial charge in [-0.15, -0.1) is 0 Å². The summed E-state index contributed by atoms with van der Waals surface area (Å²) in [5.41, 5.74) is 0. The van der Waals surface area contributed by atoms with Crippen LogP contribution in [-0.2, 0) is 14.3 Å². The standard InChI is InChI=1S/C15H21NO5/c1-4-9-20-12-5-7-13(8-6-12)21-10-14(15(18)19-3)16-11(2)17/h5-8,14H,4,9-10H2,1-3H3,(H,16,17). The van der Waals surface area contributed by atoms with E-state index in [2.05, 4.69) is 10.1 Å². The Morgan fingerprint density at radius 1 is 1.14 bits per heavy atom. The van der Waals surface area contributed by atoms with Crippen LogP contribution in [0.4, 0.5) is 0 Å². The lowest BCUT2D eigenvalue weighted by atomic mass is 10.3. The molecule has 0 aliphatic carbocycles. The summed E-state index contributed by atoms with van der Waals surface area (Å²) in [7, 11) is 1.26. The molecule has 0 saturated carbocycles. The van der Waals surface area contributed by atoms with Crippen LogP contribution in [0.15, 0.2) is 24.3 Å².